The molecule has 0 saturated heterocycles. The Hall–Kier alpha value is 0.140. The normalized spacial score (nSPS) is 11.5. The number of urea groups is 1. The van der Waals surface area contributed by atoms with E-state index >= 15 is 0 Å². The molecule has 0 aromatic rings. The second-order valence-corrected chi connectivity index (χ2v) is 4.53. The van der Waals surface area contributed by atoms with E-state index in [1.165, 1.54) is 0 Å². The Morgan fingerprint density at radius 3 is 2.09 bits per heavy atom. The number of amides is 2. The molecule has 2 N–H and O–H groups in total. The van der Waals surface area contributed by atoms with Crippen LogP contribution in [-0.2, 0) is 0 Å². The Kier molecular flexibility index (Phi) is 4.29. The summed E-state index contributed by atoms with van der Waals surface area (Å²) in [7, 11) is 0. The fourth-order valence-electron chi connectivity index (χ4n) is 0.427. The van der Waals surface area contributed by atoms with E-state index in [1.54, 1.807) is 13.8 Å². The quantitative estimate of drug-likeness (QED) is 0.514. The molecule has 0 atom stereocenters. The molecule has 0 aromatic carbocycles. The molecule has 6 heteroatoms. The molecule has 0 aliphatic carbocycles. The maximum absolute atomic E-state index is 10.8. The second kappa shape index (κ2) is 4.24. The minimum atomic E-state index is -1.74. The molecule has 0 radical (unpaired) electrons. The van der Waals surface area contributed by atoms with Crippen molar-refractivity contribution in [2.75, 3.05) is 0 Å². The highest BCUT2D eigenvalue weighted by atomic mass is 35.6. The SMILES string of the molecule is CC(C)NC(=O)NC(Cl)(Cl)Cl. The Bertz CT molecular complexity index is 143. The van der Waals surface area contributed by atoms with Crippen molar-refractivity contribution in [3.63, 3.8) is 0 Å². The van der Waals surface area contributed by atoms with Crippen LogP contribution >= 0.6 is 34.8 Å². The fraction of sp³-hybridized carbons (Fsp3) is 0.800. The van der Waals surface area contributed by atoms with Crippen LogP contribution in [0.5, 0.6) is 0 Å². The Morgan fingerprint density at radius 2 is 1.82 bits per heavy atom. The van der Waals surface area contributed by atoms with Gasteiger partial charge in [0.2, 0.25) is 0 Å². The molecule has 0 unspecified atom stereocenters. The van der Waals surface area contributed by atoms with Crippen molar-refractivity contribution in [1.82, 2.24) is 10.6 Å². The summed E-state index contributed by atoms with van der Waals surface area (Å²) in [6.45, 7) is 3.61. The van der Waals surface area contributed by atoms with Gasteiger partial charge in [-0.15, -0.1) is 0 Å². The van der Waals surface area contributed by atoms with Gasteiger partial charge in [-0.2, -0.15) is 0 Å². The smallest absolute Gasteiger partial charge is 0.318 e. The molecule has 0 bridgehead atoms. The molecule has 0 saturated carbocycles. The largest absolute Gasteiger partial charge is 0.336 e. The first-order valence-corrected chi connectivity index (χ1v) is 4.10. The minimum absolute atomic E-state index is 0.0161. The van der Waals surface area contributed by atoms with Crippen molar-refractivity contribution in [3.8, 4) is 0 Å². The predicted octanol–water partition coefficient (Wildman–Crippen LogP) is 2.02. The Morgan fingerprint density at radius 1 is 1.36 bits per heavy atom. The van der Waals surface area contributed by atoms with Crippen molar-refractivity contribution >= 4 is 40.8 Å². The first kappa shape index (κ1) is 11.1. The highest BCUT2D eigenvalue weighted by Crippen LogP contribution is 2.21. The van der Waals surface area contributed by atoms with Gasteiger partial charge in [0.05, 0.1) is 0 Å². The lowest BCUT2D eigenvalue weighted by Gasteiger charge is -2.15. The van der Waals surface area contributed by atoms with Gasteiger partial charge in [0, 0.05) is 6.04 Å². The summed E-state index contributed by atoms with van der Waals surface area (Å²) in [6.07, 6.45) is 0. The van der Waals surface area contributed by atoms with E-state index in [4.69, 9.17) is 34.8 Å². The van der Waals surface area contributed by atoms with Gasteiger partial charge >= 0.3 is 6.03 Å². The highest BCUT2D eigenvalue weighted by Gasteiger charge is 2.21. The number of rotatable bonds is 1. The molecular weight excluding hydrogens is 210 g/mol. The second-order valence-electron chi connectivity index (χ2n) is 2.25. The van der Waals surface area contributed by atoms with Gasteiger partial charge in [0.25, 0.3) is 3.92 Å². The molecule has 2 amide bonds. The van der Waals surface area contributed by atoms with Gasteiger partial charge in [-0.1, -0.05) is 34.8 Å². The first-order valence-electron chi connectivity index (χ1n) is 2.96. The lowest BCUT2D eigenvalue weighted by atomic mass is 10.4. The molecule has 3 nitrogen and oxygen atoms in total. The zero-order valence-electron chi connectivity index (χ0n) is 6.12. The molecule has 0 aliphatic rings. The van der Waals surface area contributed by atoms with Crippen LogP contribution in [0.15, 0.2) is 0 Å². The summed E-state index contributed by atoms with van der Waals surface area (Å²) < 4.78 is -1.74. The van der Waals surface area contributed by atoms with Gasteiger partial charge in [0.15, 0.2) is 0 Å². The van der Waals surface area contributed by atoms with Gasteiger partial charge in [-0.3, -0.25) is 5.32 Å². The van der Waals surface area contributed by atoms with Crippen LogP contribution in [0.3, 0.4) is 0 Å². The zero-order valence-corrected chi connectivity index (χ0v) is 8.39. The fourth-order valence-corrected chi connectivity index (χ4v) is 0.684. The monoisotopic (exact) mass is 218 g/mol. The Labute approximate surface area is 80.4 Å². The van der Waals surface area contributed by atoms with Crippen molar-refractivity contribution in [1.29, 1.82) is 0 Å². The van der Waals surface area contributed by atoms with E-state index in [1.807, 2.05) is 0 Å². The average molecular weight is 219 g/mol. The third-order valence-electron chi connectivity index (χ3n) is 0.675. The van der Waals surface area contributed by atoms with Crippen molar-refractivity contribution in [2.24, 2.45) is 0 Å². The number of carbonyl (C=O) groups excluding carboxylic acids is 1. The molecule has 0 fully saturated rings. The number of halogens is 3. The van der Waals surface area contributed by atoms with E-state index in [-0.39, 0.29) is 6.04 Å². The number of hydrogen-bond donors (Lipinski definition) is 2. The van der Waals surface area contributed by atoms with E-state index in [0.717, 1.165) is 0 Å². The first-order chi connectivity index (χ1) is 4.81. The number of carbonyl (C=O) groups is 1. The van der Waals surface area contributed by atoms with Gasteiger partial charge < -0.3 is 5.32 Å². The van der Waals surface area contributed by atoms with Crippen LogP contribution < -0.4 is 10.6 Å². The molecule has 66 valence electrons. The third-order valence-corrected chi connectivity index (χ3v) is 0.959. The lowest BCUT2D eigenvalue weighted by Crippen LogP contribution is -2.44. The summed E-state index contributed by atoms with van der Waals surface area (Å²) in [6, 6.07) is -0.484. The van der Waals surface area contributed by atoms with E-state index in [2.05, 4.69) is 10.6 Å². The predicted molar refractivity (Wildman–Crippen MR) is 47.1 cm³/mol. The molecule has 11 heavy (non-hydrogen) atoms. The van der Waals surface area contributed by atoms with Crippen LogP contribution in [0.4, 0.5) is 4.79 Å². The van der Waals surface area contributed by atoms with Gasteiger partial charge in [-0.25, -0.2) is 4.79 Å². The summed E-state index contributed by atoms with van der Waals surface area (Å²) in [5.41, 5.74) is 0. The van der Waals surface area contributed by atoms with Crippen molar-refractivity contribution < 1.29 is 4.79 Å². The number of hydrogen-bond acceptors (Lipinski definition) is 1. The molecule has 0 aliphatic heterocycles. The topological polar surface area (TPSA) is 41.1 Å². The Balaban J connectivity index is 3.71. The molecule has 0 aromatic heterocycles. The molecule has 0 spiro atoms. The minimum Gasteiger partial charge on any atom is -0.336 e. The van der Waals surface area contributed by atoms with Gasteiger partial charge in [-0.05, 0) is 13.8 Å². The number of nitrogens with one attached hydrogen (secondary N) is 2. The van der Waals surface area contributed by atoms with E-state index in [9.17, 15) is 4.79 Å². The summed E-state index contributed by atoms with van der Waals surface area (Å²) in [5, 5.41) is 4.59. The van der Waals surface area contributed by atoms with Crippen LogP contribution in [0.2, 0.25) is 0 Å². The summed E-state index contributed by atoms with van der Waals surface area (Å²) in [4.78, 5) is 10.8. The molecule has 0 rings (SSSR count). The van der Waals surface area contributed by atoms with Crippen molar-refractivity contribution in [3.05, 3.63) is 0 Å². The van der Waals surface area contributed by atoms with Crippen LogP contribution in [0.25, 0.3) is 0 Å². The van der Waals surface area contributed by atoms with Crippen molar-refractivity contribution in [2.45, 2.75) is 23.8 Å². The summed E-state index contributed by atoms with van der Waals surface area (Å²) in [5.74, 6) is 0. The van der Waals surface area contributed by atoms with E-state index in [0.29, 0.717) is 0 Å². The zero-order chi connectivity index (χ0) is 9.07. The average Bonchev–Trinajstić information content (AvgIpc) is 1.53. The number of alkyl halides is 3. The highest BCUT2D eigenvalue weighted by molar-refractivity contribution is 6.67. The van der Waals surface area contributed by atoms with Crippen LogP contribution in [0.1, 0.15) is 13.8 Å². The standard InChI is InChI=1S/C5H9Cl3N2O/c1-3(2)9-4(11)10-5(6,7)8/h3H,1-2H3,(H2,9,10,11). The van der Waals surface area contributed by atoms with Gasteiger partial charge in [0.1, 0.15) is 0 Å². The van der Waals surface area contributed by atoms with Crippen LogP contribution in [-0.4, -0.2) is 16.0 Å². The third kappa shape index (κ3) is 8.04. The maximum atomic E-state index is 10.8. The summed E-state index contributed by atoms with van der Waals surface area (Å²) >= 11 is 15.8. The maximum Gasteiger partial charge on any atom is 0.318 e. The van der Waals surface area contributed by atoms with E-state index < -0.39 is 9.95 Å². The molecule has 0 heterocycles. The van der Waals surface area contributed by atoms with Crippen LogP contribution in [0, 0.1) is 0 Å². The lowest BCUT2D eigenvalue weighted by molar-refractivity contribution is 0.238. The molecular formula is C5H9Cl3N2O.